The summed E-state index contributed by atoms with van der Waals surface area (Å²) >= 11 is 6.14. The van der Waals surface area contributed by atoms with Crippen LogP contribution in [0.2, 0.25) is 5.02 Å². The van der Waals surface area contributed by atoms with Gasteiger partial charge in [-0.1, -0.05) is 62.7 Å². The molecule has 0 spiro atoms. The standard InChI is InChI=1S/C23H22ClN5O2S/c1-23(2,3)16-9-11-19(12-10-16)32(30,31)28-20-13-17(24)14-25-21(20)22-27-26-15-29(22)18-7-5-4-6-8-18/h4-15,28H,1-3H3. The molecule has 2 heterocycles. The Hall–Kier alpha value is -3.23. The Kier molecular flexibility index (Phi) is 5.75. The number of rotatable bonds is 5. The Labute approximate surface area is 192 Å². The maximum atomic E-state index is 13.1. The molecule has 0 fully saturated rings. The number of benzene rings is 2. The van der Waals surface area contributed by atoms with Gasteiger partial charge in [0.15, 0.2) is 5.82 Å². The zero-order valence-electron chi connectivity index (χ0n) is 17.8. The van der Waals surface area contributed by atoms with Crippen molar-refractivity contribution in [2.24, 2.45) is 0 Å². The Bertz CT molecular complexity index is 1350. The summed E-state index contributed by atoms with van der Waals surface area (Å²) in [7, 11) is -3.89. The third-order valence-electron chi connectivity index (χ3n) is 4.92. The second-order valence-electron chi connectivity index (χ2n) is 8.29. The van der Waals surface area contributed by atoms with E-state index < -0.39 is 10.0 Å². The molecule has 0 aliphatic carbocycles. The summed E-state index contributed by atoms with van der Waals surface area (Å²) in [6, 6.07) is 17.8. The highest BCUT2D eigenvalue weighted by atomic mass is 35.5. The van der Waals surface area contributed by atoms with Crippen LogP contribution in [-0.2, 0) is 15.4 Å². The van der Waals surface area contributed by atoms with Gasteiger partial charge in [-0.2, -0.15) is 0 Å². The van der Waals surface area contributed by atoms with Crippen molar-refractivity contribution in [2.45, 2.75) is 31.1 Å². The van der Waals surface area contributed by atoms with Gasteiger partial charge >= 0.3 is 0 Å². The van der Waals surface area contributed by atoms with E-state index in [9.17, 15) is 8.42 Å². The quantitative estimate of drug-likeness (QED) is 0.442. The maximum Gasteiger partial charge on any atom is 0.261 e. The van der Waals surface area contributed by atoms with Crippen LogP contribution >= 0.6 is 11.6 Å². The Morgan fingerprint density at radius 3 is 2.34 bits per heavy atom. The topological polar surface area (TPSA) is 89.8 Å². The molecule has 32 heavy (non-hydrogen) atoms. The molecule has 9 heteroatoms. The van der Waals surface area contributed by atoms with Crippen molar-refractivity contribution >= 4 is 27.3 Å². The van der Waals surface area contributed by atoms with Gasteiger partial charge in [-0.3, -0.25) is 9.29 Å². The molecule has 4 aromatic rings. The molecule has 0 saturated carbocycles. The van der Waals surface area contributed by atoms with Crippen LogP contribution in [0.3, 0.4) is 0 Å². The molecule has 0 aliphatic rings. The van der Waals surface area contributed by atoms with Crippen LogP contribution in [0, 0.1) is 0 Å². The second kappa shape index (κ2) is 8.37. The van der Waals surface area contributed by atoms with E-state index in [2.05, 4.69) is 40.7 Å². The molecule has 7 nitrogen and oxygen atoms in total. The number of halogens is 1. The van der Waals surface area contributed by atoms with Gasteiger partial charge in [-0.15, -0.1) is 10.2 Å². The molecule has 0 unspecified atom stereocenters. The van der Waals surface area contributed by atoms with Gasteiger partial charge in [-0.25, -0.2) is 13.4 Å². The number of hydrogen-bond donors (Lipinski definition) is 1. The van der Waals surface area contributed by atoms with Crippen LogP contribution in [0.5, 0.6) is 0 Å². The lowest BCUT2D eigenvalue weighted by Crippen LogP contribution is -2.16. The van der Waals surface area contributed by atoms with Crippen molar-refractivity contribution in [3.05, 3.63) is 83.8 Å². The number of anilines is 1. The Balaban J connectivity index is 1.74. The van der Waals surface area contributed by atoms with Crippen LogP contribution in [0.15, 0.2) is 78.1 Å². The van der Waals surface area contributed by atoms with Crippen molar-refractivity contribution in [3.8, 4) is 17.2 Å². The third kappa shape index (κ3) is 4.51. The van der Waals surface area contributed by atoms with Crippen LogP contribution in [0.25, 0.3) is 17.2 Å². The molecular weight excluding hydrogens is 446 g/mol. The van der Waals surface area contributed by atoms with Gasteiger partial charge < -0.3 is 0 Å². The highest BCUT2D eigenvalue weighted by Gasteiger charge is 2.22. The SMILES string of the molecule is CC(C)(C)c1ccc(S(=O)(=O)Nc2cc(Cl)cnc2-c2nncn2-c2ccccc2)cc1. The van der Waals surface area contributed by atoms with E-state index in [0.717, 1.165) is 11.3 Å². The molecular formula is C23H22ClN5O2S. The summed E-state index contributed by atoms with van der Waals surface area (Å²) in [6.45, 7) is 6.21. The van der Waals surface area contributed by atoms with Gasteiger partial charge in [0.05, 0.1) is 15.6 Å². The first-order valence-electron chi connectivity index (χ1n) is 9.90. The minimum absolute atomic E-state index is 0.0821. The largest absolute Gasteiger partial charge is 0.280 e. The van der Waals surface area contributed by atoms with Gasteiger partial charge in [0.25, 0.3) is 10.0 Å². The fourth-order valence-corrected chi connectivity index (χ4v) is 4.42. The molecule has 1 N–H and O–H groups in total. The summed E-state index contributed by atoms with van der Waals surface area (Å²) in [5, 5.41) is 8.45. The number of hydrogen-bond acceptors (Lipinski definition) is 5. The minimum Gasteiger partial charge on any atom is -0.280 e. The monoisotopic (exact) mass is 467 g/mol. The maximum absolute atomic E-state index is 13.1. The fourth-order valence-electron chi connectivity index (χ4n) is 3.21. The molecule has 0 atom stereocenters. The van der Waals surface area contributed by atoms with Crippen LogP contribution in [0.1, 0.15) is 26.3 Å². The van der Waals surface area contributed by atoms with Crippen molar-refractivity contribution in [2.75, 3.05) is 4.72 Å². The van der Waals surface area contributed by atoms with Crippen molar-refractivity contribution < 1.29 is 8.42 Å². The number of pyridine rings is 1. The highest BCUT2D eigenvalue weighted by Crippen LogP contribution is 2.31. The summed E-state index contributed by atoms with van der Waals surface area (Å²) in [5.74, 6) is 0.383. The Morgan fingerprint density at radius 1 is 1.00 bits per heavy atom. The second-order valence-corrected chi connectivity index (χ2v) is 10.4. The molecule has 0 saturated heterocycles. The molecule has 4 rings (SSSR count). The lowest BCUT2D eigenvalue weighted by atomic mass is 9.87. The van der Waals surface area contributed by atoms with E-state index in [4.69, 9.17) is 11.6 Å². The number of aromatic nitrogens is 4. The molecule has 0 aliphatic heterocycles. The van der Waals surface area contributed by atoms with E-state index in [1.54, 1.807) is 23.0 Å². The average molecular weight is 468 g/mol. The normalized spacial score (nSPS) is 12.0. The van der Waals surface area contributed by atoms with Crippen molar-refractivity contribution in [1.29, 1.82) is 0 Å². The van der Waals surface area contributed by atoms with E-state index in [1.807, 2.05) is 42.5 Å². The van der Waals surface area contributed by atoms with Gasteiger partial charge in [-0.05, 0) is 41.3 Å². The first-order chi connectivity index (χ1) is 15.1. The van der Waals surface area contributed by atoms with Gasteiger partial charge in [0, 0.05) is 11.9 Å². The van der Waals surface area contributed by atoms with E-state index in [1.165, 1.54) is 12.3 Å². The van der Waals surface area contributed by atoms with E-state index in [-0.39, 0.29) is 16.0 Å². The predicted octanol–water partition coefficient (Wildman–Crippen LogP) is 5.08. The lowest BCUT2D eigenvalue weighted by molar-refractivity contribution is 0.587. The molecule has 0 amide bonds. The van der Waals surface area contributed by atoms with Gasteiger partial charge in [0.1, 0.15) is 12.0 Å². The number of nitrogens with zero attached hydrogens (tertiary/aromatic N) is 4. The first-order valence-corrected chi connectivity index (χ1v) is 11.8. The number of para-hydroxylation sites is 1. The summed E-state index contributed by atoms with van der Waals surface area (Å²) in [6.07, 6.45) is 2.99. The molecule has 2 aromatic heterocycles. The lowest BCUT2D eigenvalue weighted by Gasteiger charge is -2.19. The highest BCUT2D eigenvalue weighted by molar-refractivity contribution is 7.92. The number of sulfonamides is 1. The summed E-state index contributed by atoms with van der Waals surface area (Å²) in [5.41, 5.74) is 2.29. The zero-order valence-corrected chi connectivity index (χ0v) is 19.4. The van der Waals surface area contributed by atoms with Crippen LogP contribution in [-0.4, -0.2) is 28.2 Å². The van der Waals surface area contributed by atoms with Crippen molar-refractivity contribution in [3.63, 3.8) is 0 Å². The molecule has 2 aromatic carbocycles. The number of nitrogens with one attached hydrogen (secondary N) is 1. The van der Waals surface area contributed by atoms with E-state index >= 15 is 0 Å². The molecule has 0 radical (unpaired) electrons. The molecule has 164 valence electrons. The van der Waals surface area contributed by atoms with Gasteiger partial charge in [0.2, 0.25) is 0 Å². The smallest absolute Gasteiger partial charge is 0.261 e. The molecule has 0 bridgehead atoms. The van der Waals surface area contributed by atoms with E-state index in [0.29, 0.717) is 16.5 Å². The predicted molar refractivity (Wildman–Crippen MR) is 126 cm³/mol. The first kappa shape index (κ1) is 22.0. The Morgan fingerprint density at radius 2 is 1.69 bits per heavy atom. The third-order valence-corrected chi connectivity index (χ3v) is 6.51. The average Bonchev–Trinajstić information content (AvgIpc) is 3.23. The minimum atomic E-state index is -3.89. The zero-order chi connectivity index (χ0) is 22.9. The van der Waals surface area contributed by atoms with Crippen LogP contribution < -0.4 is 4.72 Å². The van der Waals surface area contributed by atoms with Crippen LogP contribution in [0.4, 0.5) is 5.69 Å². The van der Waals surface area contributed by atoms with Crippen molar-refractivity contribution in [1.82, 2.24) is 19.7 Å². The fraction of sp³-hybridized carbons (Fsp3) is 0.174. The summed E-state index contributed by atoms with van der Waals surface area (Å²) in [4.78, 5) is 4.49. The summed E-state index contributed by atoms with van der Waals surface area (Å²) < 4.78 is 30.6.